The van der Waals surface area contributed by atoms with Gasteiger partial charge in [0.05, 0.1) is 0 Å². The van der Waals surface area contributed by atoms with Gasteiger partial charge in [0.25, 0.3) is 0 Å². The molecule has 0 heterocycles. The van der Waals surface area contributed by atoms with Crippen LogP contribution in [-0.2, 0) is 12.8 Å². The van der Waals surface area contributed by atoms with Crippen molar-refractivity contribution in [1.29, 1.82) is 0 Å². The fourth-order valence-electron chi connectivity index (χ4n) is 1.77. The highest BCUT2D eigenvalue weighted by Gasteiger charge is 2.14. The van der Waals surface area contributed by atoms with Gasteiger partial charge in [-0.3, -0.25) is 0 Å². The molecule has 1 aromatic rings. The molecule has 0 amide bonds. The summed E-state index contributed by atoms with van der Waals surface area (Å²) in [5.74, 6) is 0.350. The van der Waals surface area contributed by atoms with E-state index in [1.165, 1.54) is 11.1 Å². The molecule has 3 N–H and O–H groups in total. The lowest BCUT2D eigenvalue weighted by Gasteiger charge is -2.21. The monoisotopic (exact) mass is 163 g/mol. The largest absolute Gasteiger partial charge is 0.508 e. The number of hydrogen-bond acceptors (Lipinski definition) is 2. The fourth-order valence-corrected chi connectivity index (χ4v) is 1.77. The molecule has 1 aromatic carbocycles. The highest BCUT2D eigenvalue weighted by atomic mass is 16.3. The third-order valence-corrected chi connectivity index (χ3v) is 2.46. The maximum atomic E-state index is 9.23. The molecule has 0 bridgehead atoms. The van der Waals surface area contributed by atoms with Gasteiger partial charge in [0.1, 0.15) is 5.75 Å². The summed E-state index contributed by atoms with van der Waals surface area (Å²) in [6.07, 6.45) is 3.03. The van der Waals surface area contributed by atoms with Crippen LogP contribution in [0.25, 0.3) is 0 Å². The average Bonchev–Trinajstić information content (AvgIpc) is 2.03. The second-order valence-corrected chi connectivity index (χ2v) is 3.46. The van der Waals surface area contributed by atoms with E-state index in [-0.39, 0.29) is 6.04 Å². The molecule has 0 saturated heterocycles. The number of rotatable bonds is 0. The summed E-state index contributed by atoms with van der Waals surface area (Å²) >= 11 is 0. The van der Waals surface area contributed by atoms with E-state index < -0.39 is 0 Å². The summed E-state index contributed by atoms with van der Waals surface area (Å²) in [5, 5.41) is 9.23. The summed E-state index contributed by atoms with van der Waals surface area (Å²) in [6, 6.07) is 5.85. The smallest absolute Gasteiger partial charge is 0.115 e. The van der Waals surface area contributed by atoms with Gasteiger partial charge >= 0.3 is 0 Å². The van der Waals surface area contributed by atoms with Crippen LogP contribution >= 0.6 is 0 Å². The molecule has 2 nitrogen and oxygen atoms in total. The number of aryl methyl sites for hydroxylation is 1. The van der Waals surface area contributed by atoms with Crippen molar-refractivity contribution < 1.29 is 5.11 Å². The van der Waals surface area contributed by atoms with Crippen molar-refractivity contribution in [3.63, 3.8) is 0 Å². The average molecular weight is 163 g/mol. The maximum Gasteiger partial charge on any atom is 0.115 e. The van der Waals surface area contributed by atoms with Crippen LogP contribution in [0.15, 0.2) is 18.2 Å². The second kappa shape index (κ2) is 2.79. The first-order chi connectivity index (χ1) is 5.75. The Balaban J connectivity index is 2.37. The molecule has 1 aliphatic rings. The third kappa shape index (κ3) is 1.30. The van der Waals surface area contributed by atoms with Crippen molar-refractivity contribution in [3.05, 3.63) is 29.3 Å². The molecule has 64 valence electrons. The van der Waals surface area contributed by atoms with E-state index in [1.54, 1.807) is 6.07 Å². The molecule has 0 radical (unpaired) electrons. The van der Waals surface area contributed by atoms with Crippen LogP contribution in [0.1, 0.15) is 17.5 Å². The van der Waals surface area contributed by atoms with Gasteiger partial charge in [-0.15, -0.1) is 0 Å². The van der Waals surface area contributed by atoms with Crippen LogP contribution in [0.3, 0.4) is 0 Å². The first-order valence-electron chi connectivity index (χ1n) is 4.32. The minimum atomic E-state index is 0.277. The quantitative estimate of drug-likeness (QED) is 0.604. The molecule has 0 saturated carbocycles. The van der Waals surface area contributed by atoms with E-state index in [0.29, 0.717) is 5.75 Å². The predicted octanol–water partition coefficient (Wildman–Crippen LogP) is 1.21. The Bertz CT molecular complexity index is 296. The lowest BCUT2D eigenvalue weighted by molar-refractivity contribution is 0.472. The molecule has 0 aliphatic heterocycles. The highest BCUT2D eigenvalue weighted by molar-refractivity contribution is 5.37. The zero-order chi connectivity index (χ0) is 8.55. The molecule has 2 rings (SSSR count). The Labute approximate surface area is 72.0 Å². The van der Waals surface area contributed by atoms with Crippen LogP contribution in [0.5, 0.6) is 5.75 Å². The molecule has 0 aromatic heterocycles. The number of phenols is 1. The Morgan fingerprint density at radius 3 is 3.00 bits per heavy atom. The van der Waals surface area contributed by atoms with Gasteiger partial charge in [-0.1, -0.05) is 6.07 Å². The van der Waals surface area contributed by atoms with Crippen molar-refractivity contribution in [2.75, 3.05) is 0 Å². The van der Waals surface area contributed by atoms with Gasteiger partial charge in [-0.05, 0) is 42.5 Å². The van der Waals surface area contributed by atoms with Gasteiger partial charge in [0, 0.05) is 6.04 Å². The molecular formula is C10H13NO. The number of benzene rings is 1. The number of fused-ring (bicyclic) bond motifs is 1. The Hall–Kier alpha value is -1.02. The van der Waals surface area contributed by atoms with Crippen molar-refractivity contribution in [2.24, 2.45) is 5.73 Å². The molecule has 1 unspecified atom stereocenters. The summed E-state index contributed by atoms with van der Waals surface area (Å²) in [4.78, 5) is 0. The second-order valence-electron chi connectivity index (χ2n) is 3.46. The van der Waals surface area contributed by atoms with Crippen LogP contribution in [0.4, 0.5) is 0 Å². The Morgan fingerprint density at radius 1 is 1.33 bits per heavy atom. The van der Waals surface area contributed by atoms with Crippen molar-refractivity contribution in [2.45, 2.75) is 25.3 Å². The fraction of sp³-hybridized carbons (Fsp3) is 0.400. The van der Waals surface area contributed by atoms with Crippen LogP contribution < -0.4 is 5.73 Å². The van der Waals surface area contributed by atoms with Crippen molar-refractivity contribution in [3.8, 4) is 5.75 Å². The standard InChI is InChI=1S/C10H13NO/c11-9-3-1-7-2-4-10(12)6-8(7)5-9/h2,4,6,9,12H,1,3,5,11H2. The summed E-state index contributed by atoms with van der Waals surface area (Å²) in [7, 11) is 0. The maximum absolute atomic E-state index is 9.23. The van der Waals surface area contributed by atoms with Gasteiger partial charge in [0.2, 0.25) is 0 Å². The normalized spacial score (nSPS) is 21.9. The number of phenolic OH excluding ortho intramolecular Hbond substituents is 1. The van der Waals surface area contributed by atoms with Crippen LogP contribution in [0.2, 0.25) is 0 Å². The SMILES string of the molecule is NC1CCc2ccc(O)cc2C1. The van der Waals surface area contributed by atoms with E-state index in [9.17, 15) is 5.11 Å². The molecule has 1 atom stereocenters. The lowest BCUT2D eigenvalue weighted by atomic mass is 9.89. The third-order valence-electron chi connectivity index (χ3n) is 2.46. The van der Waals surface area contributed by atoms with Gasteiger partial charge in [-0.2, -0.15) is 0 Å². The molecule has 2 heteroatoms. The van der Waals surface area contributed by atoms with E-state index >= 15 is 0 Å². The van der Waals surface area contributed by atoms with Gasteiger partial charge in [0.15, 0.2) is 0 Å². The predicted molar refractivity (Wildman–Crippen MR) is 48.1 cm³/mol. The highest BCUT2D eigenvalue weighted by Crippen LogP contribution is 2.23. The molecule has 1 aliphatic carbocycles. The summed E-state index contributed by atoms with van der Waals surface area (Å²) in [6.45, 7) is 0. The van der Waals surface area contributed by atoms with E-state index in [1.807, 2.05) is 12.1 Å². The minimum Gasteiger partial charge on any atom is -0.508 e. The minimum absolute atomic E-state index is 0.277. The zero-order valence-corrected chi connectivity index (χ0v) is 6.96. The van der Waals surface area contributed by atoms with Crippen molar-refractivity contribution in [1.82, 2.24) is 0 Å². The zero-order valence-electron chi connectivity index (χ0n) is 6.96. The van der Waals surface area contributed by atoms with Crippen molar-refractivity contribution >= 4 is 0 Å². The molecule has 0 spiro atoms. The molecular weight excluding hydrogens is 150 g/mol. The molecule has 12 heavy (non-hydrogen) atoms. The number of hydrogen-bond donors (Lipinski definition) is 2. The molecule has 0 fully saturated rings. The lowest BCUT2D eigenvalue weighted by Crippen LogP contribution is -2.27. The summed E-state index contributed by atoms with van der Waals surface area (Å²) in [5.41, 5.74) is 8.38. The number of aromatic hydroxyl groups is 1. The van der Waals surface area contributed by atoms with Gasteiger partial charge in [-0.25, -0.2) is 0 Å². The van der Waals surface area contributed by atoms with E-state index in [4.69, 9.17) is 5.73 Å². The Morgan fingerprint density at radius 2 is 2.17 bits per heavy atom. The first kappa shape index (κ1) is 7.62. The van der Waals surface area contributed by atoms with Crippen LogP contribution in [0, 0.1) is 0 Å². The van der Waals surface area contributed by atoms with Gasteiger partial charge < -0.3 is 10.8 Å². The number of nitrogens with two attached hydrogens (primary N) is 1. The Kier molecular flexibility index (Phi) is 1.77. The summed E-state index contributed by atoms with van der Waals surface area (Å²) < 4.78 is 0. The van der Waals surface area contributed by atoms with E-state index in [0.717, 1.165) is 19.3 Å². The first-order valence-corrected chi connectivity index (χ1v) is 4.32. The van der Waals surface area contributed by atoms with Crippen LogP contribution in [-0.4, -0.2) is 11.1 Å². The van der Waals surface area contributed by atoms with E-state index in [2.05, 4.69) is 0 Å². The topological polar surface area (TPSA) is 46.2 Å².